The number of benzene rings is 1. The third kappa shape index (κ3) is 2.77. The first-order valence-electron chi connectivity index (χ1n) is 6.94. The summed E-state index contributed by atoms with van der Waals surface area (Å²) in [6.07, 6.45) is 5.81. The van der Waals surface area contributed by atoms with Gasteiger partial charge in [-0.05, 0) is 43.4 Å². The van der Waals surface area contributed by atoms with Gasteiger partial charge >= 0.3 is 0 Å². The fraction of sp³-hybridized carbons (Fsp3) is 0.562. The molecule has 1 nitrogen and oxygen atoms in total. The minimum atomic E-state index is 0.209. The Morgan fingerprint density at radius 3 is 2.78 bits per heavy atom. The van der Waals surface area contributed by atoms with E-state index in [2.05, 4.69) is 6.92 Å². The molecule has 0 bridgehead atoms. The molecule has 98 valence electrons. The second-order valence-electron chi connectivity index (χ2n) is 5.38. The molecule has 2 heteroatoms. The largest absolute Gasteiger partial charge is 0.294 e. The fourth-order valence-corrected chi connectivity index (χ4v) is 3.27. The zero-order valence-corrected chi connectivity index (χ0v) is 12.0. The maximum absolute atomic E-state index is 12.7. The lowest BCUT2D eigenvalue weighted by molar-refractivity contribution is 0.0819. The molecule has 0 radical (unpaired) electrons. The van der Waals surface area contributed by atoms with Crippen molar-refractivity contribution in [1.29, 1.82) is 0 Å². The normalized spacial score (nSPS) is 23.9. The van der Waals surface area contributed by atoms with Gasteiger partial charge in [0.05, 0.1) is 0 Å². The highest BCUT2D eigenvalue weighted by atomic mass is 35.5. The van der Waals surface area contributed by atoms with Crippen LogP contribution < -0.4 is 0 Å². The summed E-state index contributed by atoms with van der Waals surface area (Å²) < 4.78 is 0. The van der Waals surface area contributed by atoms with Crippen molar-refractivity contribution in [3.05, 3.63) is 34.3 Å². The van der Waals surface area contributed by atoms with Crippen LogP contribution >= 0.6 is 11.6 Å². The van der Waals surface area contributed by atoms with E-state index < -0.39 is 0 Å². The molecule has 0 spiro atoms. The summed E-state index contributed by atoms with van der Waals surface area (Å²) in [6, 6.07) is 5.63. The molecule has 2 atom stereocenters. The topological polar surface area (TPSA) is 17.1 Å². The van der Waals surface area contributed by atoms with E-state index in [0.717, 1.165) is 24.0 Å². The van der Waals surface area contributed by atoms with Crippen molar-refractivity contribution >= 4 is 17.4 Å². The van der Waals surface area contributed by atoms with Gasteiger partial charge in [0.1, 0.15) is 0 Å². The quantitative estimate of drug-likeness (QED) is 0.699. The molecule has 1 aliphatic carbocycles. The Hall–Kier alpha value is -0.820. The van der Waals surface area contributed by atoms with Crippen molar-refractivity contribution in [1.82, 2.24) is 0 Å². The van der Waals surface area contributed by atoms with E-state index in [9.17, 15) is 4.79 Å². The van der Waals surface area contributed by atoms with Crippen LogP contribution in [0.1, 0.15) is 54.9 Å². The summed E-state index contributed by atoms with van der Waals surface area (Å²) in [5.41, 5.74) is 1.87. The zero-order chi connectivity index (χ0) is 13.1. The number of rotatable bonds is 3. The SMILES string of the molecule is CCC1CCCCC1C(=O)c1cc(Cl)ccc1C. The Labute approximate surface area is 115 Å². The second-order valence-corrected chi connectivity index (χ2v) is 5.82. The summed E-state index contributed by atoms with van der Waals surface area (Å²) >= 11 is 6.02. The highest BCUT2D eigenvalue weighted by Gasteiger charge is 2.30. The lowest BCUT2D eigenvalue weighted by atomic mass is 9.74. The van der Waals surface area contributed by atoms with Crippen LogP contribution in [0.2, 0.25) is 5.02 Å². The summed E-state index contributed by atoms with van der Waals surface area (Å²) in [6.45, 7) is 4.19. The number of carbonyl (C=O) groups excluding carboxylic acids is 1. The molecule has 0 heterocycles. The molecule has 1 fully saturated rings. The lowest BCUT2D eigenvalue weighted by Crippen LogP contribution is -2.27. The number of aryl methyl sites for hydroxylation is 1. The van der Waals surface area contributed by atoms with Crippen LogP contribution in [-0.2, 0) is 0 Å². The zero-order valence-electron chi connectivity index (χ0n) is 11.2. The second kappa shape index (κ2) is 5.88. The fourth-order valence-electron chi connectivity index (χ4n) is 3.10. The number of hydrogen-bond donors (Lipinski definition) is 0. The van der Waals surface area contributed by atoms with Gasteiger partial charge in [0.2, 0.25) is 0 Å². The van der Waals surface area contributed by atoms with Crippen LogP contribution in [0.4, 0.5) is 0 Å². The first-order valence-corrected chi connectivity index (χ1v) is 7.31. The first-order chi connectivity index (χ1) is 8.63. The van der Waals surface area contributed by atoms with Crippen LogP contribution in [0.15, 0.2) is 18.2 Å². The third-order valence-corrected chi connectivity index (χ3v) is 4.47. The summed E-state index contributed by atoms with van der Waals surface area (Å²) in [5, 5.41) is 0.660. The summed E-state index contributed by atoms with van der Waals surface area (Å²) in [4.78, 5) is 12.7. The standard InChI is InChI=1S/C16H21ClO/c1-3-12-6-4-5-7-14(12)16(18)15-10-13(17)9-8-11(15)2/h8-10,12,14H,3-7H2,1-2H3. The molecule has 1 saturated carbocycles. The van der Waals surface area contributed by atoms with Crippen LogP contribution in [0, 0.1) is 18.8 Å². The predicted octanol–water partition coefficient (Wildman–Crippen LogP) is 5.05. The van der Waals surface area contributed by atoms with E-state index in [0.29, 0.717) is 16.7 Å². The number of halogens is 1. The predicted molar refractivity (Wildman–Crippen MR) is 76.3 cm³/mol. The van der Waals surface area contributed by atoms with Crippen LogP contribution in [0.25, 0.3) is 0 Å². The summed E-state index contributed by atoms with van der Waals surface area (Å²) in [5.74, 6) is 1.08. The minimum Gasteiger partial charge on any atom is -0.294 e. The molecule has 0 saturated heterocycles. The highest BCUT2D eigenvalue weighted by molar-refractivity contribution is 6.31. The van der Waals surface area contributed by atoms with Gasteiger partial charge in [-0.1, -0.05) is 43.9 Å². The molecule has 0 aromatic heterocycles. The maximum atomic E-state index is 12.7. The molecular formula is C16H21ClO. The highest BCUT2D eigenvalue weighted by Crippen LogP contribution is 2.35. The van der Waals surface area contributed by atoms with E-state index in [1.165, 1.54) is 19.3 Å². The molecule has 1 aliphatic rings. The van der Waals surface area contributed by atoms with Crippen LogP contribution in [0.5, 0.6) is 0 Å². The van der Waals surface area contributed by atoms with Gasteiger partial charge in [-0.2, -0.15) is 0 Å². The van der Waals surface area contributed by atoms with Crippen molar-refractivity contribution in [2.24, 2.45) is 11.8 Å². The van der Waals surface area contributed by atoms with Crippen molar-refractivity contribution in [3.63, 3.8) is 0 Å². The Morgan fingerprint density at radius 1 is 1.33 bits per heavy atom. The monoisotopic (exact) mass is 264 g/mol. The Kier molecular flexibility index (Phi) is 4.45. The molecule has 18 heavy (non-hydrogen) atoms. The Balaban J connectivity index is 2.26. The minimum absolute atomic E-state index is 0.209. The Morgan fingerprint density at radius 2 is 2.06 bits per heavy atom. The van der Waals surface area contributed by atoms with Gasteiger partial charge in [0, 0.05) is 16.5 Å². The molecule has 0 amide bonds. The molecule has 0 N–H and O–H groups in total. The van der Waals surface area contributed by atoms with Gasteiger partial charge in [0.15, 0.2) is 5.78 Å². The molecule has 0 aliphatic heterocycles. The first kappa shape index (κ1) is 13.6. The average molecular weight is 265 g/mol. The van der Waals surface area contributed by atoms with Gasteiger partial charge in [-0.15, -0.1) is 0 Å². The lowest BCUT2D eigenvalue weighted by Gasteiger charge is -2.30. The van der Waals surface area contributed by atoms with E-state index in [-0.39, 0.29) is 5.92 Å². The van der Waals surface area contributed by atoms with Gasteiger partial charge in [0.25, 0.3) is 0 Å². The molecule has 1 aromatic carbocycles. The van der Waals surface area contributed by atoms with Gasteiger partial charge in [-0.3, -0.25) is 4.79 Å². The number of ketones is 1. The number of hydrogen-bond acceptors (Lipinski definition) is 1. The van der Waals surface area contributed by atoms with Gasteiger partial charge < -0.3 is 0 Å². The molecule has 1 aromatic rings. The maximum Gasteiger partial charge on any atom is 0.166 e. The van der Waals surface area contributed by atoms with Crippen LogP contribution in [0.3, 0.4) is 0 Å². The van der Waals surface area contributed by atoms with E-state index in [4.69, 9.17) is 11.6 Å². The van der Waals surface area contributed by atoms with E-state index >= 15 is 0 Å². The van der Waals surface area contributed by atoms with E-state index in [1.807, 2.05) is 25.1 Å². The van der Waals surface area contributed by atoms with E-state index in [1.54, 1.807) is 0 Å². The van der Waals surface area contributed by atoms with Crippen molar-refractivity contribution in [2.45, 2.75) is 46.0 Å². The van der Waals surface area contributed by atoms with Crippen molar-refractivity contribution in [3.8, 4) is 0 Å². The average Bonchev–Trinajstić information content (AvgIpc) is 2.40. The van der Waals surface area contributed by atoms with Crippen LogP contribution in [-0.4, -0.2) is 5.78 Å². The molecule has 2 rings (SSSR count). The molecule has 2 unspecified atom stereocenters. The Bertz CT molecular complexity index is 439. The number of carbonyl (C=O) groups is 1. The van der Waals surface area contributed by atoms with Crippen molar-refractivity contribution in [2.75, 3.05) is 0 Å². The van der Waals surface area contributed by atoms with Gasteiger partial charge in [-0.25, -0.2) is 0 Å². The molecular weight excluding hydrogens is 244 g/mol. The summed E-state index contributed by atoms with van der Waals surface area (Å²) in [7, 11) is 0. The third-order valence-electron chi connectivity index (χ3n) is 4.24. The van der Waals surface area contributed by atoms with Crippen molar-refractivity contribution < 1.29 is 4.79 Å². The smallest absolute Gasteiger partial charge is 0.166 e. The number of Topliss-reactive ketones (excluding diaryl/α,β-unsaturated/α-hetero) is 1.